The third kappa shape index (κ3) is 7.86. The lowest BCUT2D eigenvalue weighted by atomic mass is 9.88. The van der Waals surface area contributed by atoms with Gasteiger partial charge in [-0.1, -0.05) is 48.5 Å². The zero-order chi connectivity index (χ0) is 30.7. The summed E-state index contributed by atoms with van der Waals surface area (Å²) < 4.78 is 28.1. The Bertz CT molecular complexity index is 1480. The number of aliphatic hydroxyl groups is 1. The van der Waals surface area contributed by atoms with Crippen molar-refractivity contribution >= 4 is 16.0 Å². The van der Waals surface area contributed by atoms with Gasteiger partial charge >= 0.3 is 5.97 Å². The molecule has 1 unspecified atom stereocenters. The van der Waals surface area contributed by atoms with Crippen molar-refractivity contribution in [2.45, 2.75) is 76.3 Å². The lowest BCUT2D eigenvalue weighted by Crippen LogP contribution is -2.47. The Morgan fingerprint density at radius 1 is 1.00 bits per heavy atom. The van der Waals surface area contributed by atoms with Crippen LogP contribution in [0.25, 0.3) is 11.1 Å². The smallest absolute Gasteiger partial charge is 0.303 e. The highest BCUT2D eigenvalue weighted by Gasteiger charge is 2.29. The molecule has 7 nitrogen and oxygen atoms in total. The van der Waals surface area contributed by atoms with E-state index in [9.17, 15) is 18.3 Å². The maximum atomic E-state index is 13.5. The molecule has 0 radical (unpaired) electrons. The molecule has 0 fully saturated rings. The van der Waals surface area contributed by atoms with Crippen molar-refractivity contribution in [1.29, 1.82) is 0 Å². The normalized spacial score (nSPS) is 14.7. The minimum Gasteiger partial charge on any atom is -0.481 e. The lowest BCUT2D eigenvalue weighted by Gasteiger charge is -2.31. The lowest BCUT2D eigenvalue weighted by molar-refractivity contribution is -0.136. The molecule has 0 heterocycles. The molecule has 0 spiro atoms. The minimum atomic E-state index is -3.83. The van der Waals surface area contributed by atoms with Gasteiger partial charge in [-0.3, -0.25) is 4.79 Å². The Balaban J connectivity index is 1.37. The number of carboxylic acids is 1. The van der Waals surface area contributed by atoms with Gasteiger partial charge in [-0.2, -0.15) is 4.31 Å². The van der Waals surface area contributed by atoms with Gasteiger partial charge in [0.1, 0.15) is 0 Å². The van der Waals surface area contributed by atoms with E-state index < -0.39 is 22.1 Å². The fourth-order valence-electron chi connectivity index (χ4n) is 6.24. The van der Waals surface area contributed by atoms with Crippen LogP contribution in [-0.4, -0.2) is 60.7 Å². The van der Waals surface area contributed by atoms with Gasteiger partial charge in [0.2, 0.25) is 10.0 Å². The van der Waals surface area contributed by atoms with Crippen LogP contribution in [0.3, 0.4) is 0 Å². The van der Waals surface area contributed by atoms with Crippen molar-refractivity contribution in [2.24, 2.45) is 5.92 Å². The zero-order valence-electron chi connectivity index (χ0n) is 25.4. The Morgan fingerprint density at radius 2 is 1.62 bits per heavy atom. The number of hydrogen-bond donors (Lipinski definition) is 3. The van der Waals surface area contributed by atoms with Crippen molar-refractivity contribution in [2.75, 3.05) is 20.1 Å². The number of aliphatic hydroxyl groups excluding tert-OH is 1. The Kier molecular flexibility index (Phi) is 9.93. The second-order valence-electron chi connectivity index (χ2n) is 12.5. The molecular formula is C34H44N2O5S. The maximum absolute atomic E-state index is 13.5. The minimum absolute atomic E-state index is 0.0268. The fraction of sp³-hybridized carbons (Fsp3) is 0.441. The highest BCUT2D eigenvalue weighted by atomic mass is 32.2. The summed E-state index contributed by atoms with van der Waals surface area (Å²) in [6.07, 6.45) is 2.76. The molecule has 0 amide bonds. The van der Waals surface area contributed by atoms with E-state index in [1.54, 1.807) is 18.2 Å². The third-order valence-electron chi connectivity index (χ3n) is 8.38. The first-order valence-electron chi connectivity index (χ1n) is 14.6. The summed E-state index contributed by atoms with van der Waals surface area (Å²) in [5, 5.41) is 23.3. The Morgan fingerprint density at radius 3 is 2.21 bits per heavy atom. The van der Waals surface area contributed by atoms with E-state index in [1.165, 1.54) is 22.5 Å². The number of β-amino-alcohol motifs (C(OH)–C–C–N with tert-alkyl or cyclic N) is 1. The first kappa shape index (κ1) is 31.9. The topological polar surface area (TPSA) is 107 Å². The number of carboxylic acid groups (broad SMARTS) is 1. The van der Waals surface area contributed by atoms with Crippen LogP contribution in [0.1, 0.15) is 54.5 Å². The van der Waals surface area contributed by atoms with Gasteiger partial charge in [-0.15, -0.1) is 0 Å². The number of benzene rings is 3. The van der Waals surface area contributed by atoms with Gasteiger partial charge in [-0.25, -0.2) is 8.42 Å². The van der Waals surface area contributed by atoms with Gasteiger partial charge < -0.3 is 15.5 Å². The number of sulfonamides is 1. The summed E-state index contributed by atoms with van der Waals surface area (Å²) in [7, 11) is -2.34. The van der Waals surface area contributed by atoms with Crippen molar-refractivity contribution in [1.82, 2.24) is 9.62 Å². The number of aryl methyl sites for hydroxylation is 2. The zero-order valence-corrected chi connectivity index (χ0v) is 26.2. The average Bonchev–Trinajstić information content (AvgIpc) is 3.33. The second kappa shape index (κ2) is 13.1. The number of nitrogens with zero attached hydrogens (tertiary/aromatic N) is 1. The van der Waals surface area contributed by atoms with Crippen LogP contribution in [0, 0.1) is 19.8 Å². The molecule has 1 aliphatic carbocycles. The van der Waals surface area contributed by atoms with E-state index in [2.05, 4.69) is 43.4 Å². The van der Waals surface area contributed by atoms with Gasteiger partial charge in [0.25, 0.3) is 0 Å². The predicted octanol–water partition coefficient (Wildman–Crippen LogP) is 5.14. The molecule has 3 aromatic carbocycles. The van der Waals surface area contributed by atoms with Gasteiger partial charge in [0.05, 0.1) is 11.0 Å². The first-order valence-corrected chi connectivity index (χ1v) is 16.1. The summed E-state index contributed by atoms with van der Waals surface area (Å²) in [5.74, 6) is -0.286. The second-order valence-corrected chi connectivity index (χ2v) is 14.5. The molecule has 0 bridgehead atoms. The van der Waals surface area contributed by atoms with E-state index >= 15 is 0 Å². The summed E-state index contributed by atoms with van der Waals surface area (Å²) in [6, 6.07) is 19.4. The van der Waals surface area contributed by atoms with Gasteiger partial charge in [0, 0.05) is 32.1 Å². The molecule has 3 N–H and O–H groups in total. The van der Waals surface area contributed by atoms with Crippen LogP contribution in [0.5, 0.6) is 0 Å². The third-order valence-corrected chi connectivity index (χ3v) is 10.2. The van der Waals surface area contributed by atoms with Crippen LogP contribution in [0.2, 0.25) is 0 Å². The summed E-state index contributed by atoms with van der Waals surface area (Å²) in [4.78, 5) is 11.2. The number of hydrogen-bond acceptors (Lipinski definition) is 5. The molecule has 1 aliphatic rings. The number of aliphatic carboxylic acids is 1. The highest BCUT2D eigenvalue weighted by molar-refractivity contribution is 7.89. The van der Waals surface area contributed by atoms with Crippen LogP contribution in [-0.2, 0) is 34.1 Å². The van der Waals surface area contributed by atoms with Crippen molar-refractivity contribution < 1.29 is 23.4 Å². The molecule has 0 aliphatic heterocycles. The largest absolute Gasteiger partial charge is 0.481 e. The standard InChI is InChI=1S/C34H44N2O5S/c1-23-15-29(16-24(2)32(23)13-14-33(38)39)28-11-8-12-31(19-28)42(40,41)36(5)22-30(37)21-35-34(3,4)20-25-17-26-9-6-7-10-27(26)18-25/h6-12,15-16,19,25,30,35,37H,13-14,17-18,20-22H2,1-5H3,(H,38,39). The van der Waals surface area contributed by atoms with Crippen molar-refractivity contribution in [3.8, 4) is 11.1 Å². The van der Waals surface area contributed by atoms with Crippen LogP contribution in [0.4, 0.5) is 0 Å². The quantitative estimate of drug-likeness (QED) is 0.254. The van der Waals surface area contributed by atoms with Gasteiger partial charge in [-0.05, 0) is 110 Å². The first-order chi connectivity index (χ1) is 19.7. The summed E-state index contributed by atoms with van der Waals surface area (Å²) >= 11 is 0. The average molecular weight is 593 g/mol. The fourth-order valence-corrected chi connectivity index (χ4v) is 7.50. The molecule has 4 rings (SSSR count). The Hall–Kier alpha value is -3.04. The molecular weight excluding hydrogens is 548 g/mol. The molecule has 3 aromatic rings. The number of nitrogens with one attached hydrogen (secondary N) is 1. The van der Waals surface area contributed by atoms with E-state index in [0.717, 1.165) is 47.1 Å². The molecule has 0 saturated heterocycles. The molecule has 1 atom stereocenters. The SMILES string of the molecule is Cc1cc(-c2cccc(S(=O)(=O)N(C)CC(O)CNC(C)(C)CC3Cc4ccccc4C3)c2)cc(C)c1CCC(=O)O. The monoisotopic (exact) mass is 592 g/mol. The predicted molar refractivity (Wildman–Crippen MR) is 167 cm³/mol. The number of carbonyl (C=O) groups is 1. The van der Waals surface area contributed by atoms with Crippen molar-refractivity contribution in [3.05, 3.63) is 88.5 Å². The summed E-state index contributed by atoms with van der Waals surface area (Å²) in [5.41, 5.74) is 7.25. The van der Waals surface area contributed by atoms with Crippen LogP contribution >= 0.6 is 0 Å². The number of likely N-dealkylation sites (N-methyl/N-ethyl adjacent to an activating group) is 1. The van der Waals surface area contributed by atoms with E-state index in [0.29, 0.717) is 18.9 Å². The molecule has 8 heteroatoms. The van der Waals surface area contributed by atoms with E-state index in [4.69, 9.17) is 5.11 Å². The maximum Gasteiger partial charge on any atom is 0.303 e. The van der Waals surface area contributed by atoms with E-state index in [1.807, 2.05) is 32.0 Å². The number of fused-ring (bicyclic) bond motifs is 1. The molecule has 42 heavy (non-hydrogen) atoms. The number of rotatable bonds is 13. The van der Waals surface area contributed by atoms with E-state index in [-0.39, 0.29) is 23.4 Å². The van der Waals surface area contributed by atoms with Crippen molar-refractivity contribution in [3.63, 3.8) is 0 Å². The van der Waals surface area contributed by atoms with Crippen LogP contribution < -0.4 is 5.32 Å². The highest BCUT2D eigenvalue weighted by Crippen LogP contribution is 2.32. The Labute approximate surface area is 250 Å². The molecule has 226 valence electrons. The van der Waals surface area contributed by atoms with Crippen LogP contribution in [0.15, 0.2) is 65.6 Å². The molecule has 0 aromatic heterocycles. The molecule has 0 saturated carbocycles. The summed E-state index contributed by atoms with van der Waals surface area (Å²) in [6.45, 7) is 8.44. The van der Waals surface area contributed by atoms with Gasteiger partial charge in [0.15, 0.2) is 0 Å².